The molecule has 26 heavy (non-hydrogen) atoms. The van der Waals surface area contributed by atoms with Crippen molar-refractivity contribution in [3.8, 4) is 0 Å². The molecule has 138 valence electrons. The molecule has 0 amide bonds. The second-order valence-corrected chi connectivity index (χ2v) is 8.11. The molecule has 1 saturated carbocycles. The molecule has 2 aromatic rings. The van der Waals surface area contributed by atoms with Gasteiger partial charge in [-0.1, -0.05) is 6.42 Å². The van der Waals surface area contributed by atoms with Gasteiger partial charge in [-0.15, -0.1) is 10.2 Å². The molecule has 0 atom stereocenters. The third-order valence-corrected chi connectivity index (χ3v) is 5.90. The molecule has 2 aliphatic heterocycles. The first-order chi connectivity index (χ1) is 12.8. The van der Waals surface area contributed by atoms with Crippen LogP contribution in [0.3, 0.4) is 0 Å². The number of hydrogen-bond donors (Lipinski definition) is 0. The highest BCUT2D eigenvalue weighted by atomic mass is 16.1. The van der Waals surface area contributed by atoms with Gasteiger partial charge in [-0.25, -0.2) is 4.68 Å². The van der Waals surface area contributed by atoms with E-state index >= 15 is 0 Å². The first-order valence-corrected chi connectivity index (χ1v) is 9.97. The zero-order valence-corrected chi connectivity index (χ0v) is 15.2. The maximum Gasteiger partial charge on any atom is 0.266 e. The van der Waals surface area contributed by atoms with Crippen molar-refractivity contribution < 1.29 is 0 Å². The Bertz CT molecular complexity index is 846. The zero-order valence-electron chi connectivity index (χ0n) is 15.2. The largest absolute Gasteiger partial charge is 0.314 e. The number of aryl methyl sites for hydroxylation is 1. The molecule has 5 rings (SSSR count). The van der Waals surface area contributed by atoms with Gasteiger partial charge >= 0.3 is 0 Å². The quantitative estimate of drug-likeness (QED) is 0.815. The summed E-state index contributed by atoms with van der Waals surface area (Å²) in [7, 11) is 0. The predicted molar refractivity (Wildman–Crippen MR) is 96.8 cm³/mol. The minimum Gasteiger partial charge on any atom is -0.314 e. The summed E-state index contributed by atoms with van der Waals surface area (Å²) in [6.45, 7) is 4.66. The van der Waals surface area contributed by atoms with Crippen molar-refractivity contribution in [1.82, 2.24) is 29.4 Å². The van der Waals surface area contributed by atoms with E-state index in [1.54, 1.807) is 10.7 Å². The van der Waals surface area contributed by atoms with Crippen LogP contribution < -0.4 is 5.56 Å². The summed E-state index contributed by atoms with van der Waals surface area (Å²) in [5, 5.41) is 13.4. The van der Waals surface area contributed by atoms with Crippen LogP contribution in [0.1, 0.15) is 55.4 Å². The number of aromatic nitrogens is 5. The molecule has 0 aromatic carbocycles. The molecule has 0 unspecified atom stereocenters. The molecule has 0 bridgehead atoms. The average molecular weight is 354 g/mol. The van der Waals surface area contributed by atoms with Crippen LogP contribution in [0, 0.1) is 5.92 Å². The van der Waals surface area contributed by atoms with E-state index in [1.165, 1.54) is 32.1 Å². The molecule has 0 spiro atoms. The van der Waals surface area contributed by atoms with Gasteiger partial charge in [0.15, 0.2) is 0 Å². The predicted octanol–water partition coefficient (Wildman–Crippen LogP) is 1.57. The molecule has 0 N–H and O–H groups in total. The molecule has 7 heteroatoms. The van der Waals surface area contributed by atoms with Gasteiger partial charge in [0.2, 0.25) is 0 Å². The number of nitrogens with zero attached hydrogens (tertiary/aromatic N) is 6. The van der Waals surface area contributed by atoms with Crippen LogP contribution in [0.2, 0.25) is 0 Å². The Labute approximate surface area is 153 Å². The lowest BCUT2D eigenvalue weighted by atomic mass is 10.0. The number of fused-ring (bicyclic) bond motifs is 1. The molecule has 7 nitrogen and oxygen atoms in total. The van der Waals surface area contributed by atoms with Crippen LogP contribution in [-0.4, -0.2) is 42.5 Å². The van der Waals surface area contributed by atoms with E-state index in [9.17, 15) is 4.79 Å². The van der Waals surface area contributed by atoms with Gasteiger partial charge in [0, 0.05) is 44.0 Å². The Hall–Kier alpha value is -2.02. The van der Waals surface area contributed by atoms with E-state index in [0.29, 0.717) is 11.8 Å². The fraction of sp³-hybridized carbons (Fsp3) is 0.684. The van der Waals surface area contributed by atoms with Gasteiger partial charge in [-0.05, 0) is 31.7 Å². The summed E-state index contributed by atoms with van der Waals surface area (Å²) >= 11 is 0. The van der Waals surface area contributed by atoms with Gasteiger partial charge in [0.05, 0.1) is 18.8 Å². The van der Waals surface area contributed by atoms with Crippen molar-refractivity contribution in [2.75, 3.05) is 13.1 Å². The van der Waals surface area contributed by atoms with Crippen LogP contribution in [0.25, 0.3) is 0 Å². The van der Waals surface area contributed by atoms with E-state index in [4.69, 9.17) is 0 Å². The Morgan fingerprint density at radius 2 is 1.96 bits per heavy atom. The molecule has 2 aromatic heterocycles. The lowest BCUT2D eigenvalue weighted by Crippen LogP contribution is -2.49. The molecule has 1 saturated heterocycles. The lowest BCUT2D eigenvalue weighted by molar-refractivity contribution is 0.0725. The molecule has 0 radical (unpaired) electrons. The maximum atomic E-state index is 12.1. The molecule has 2 fully saturated rings. The Kier molecular flexibility index (Phi) is 4.11. The second-order valence-electron chi connectivity index (χ2n) is 8.11. The number of hydrogen-bond acceptors (Lipinski definition) is 5. The summed E-state index contributed by atoms with van der Waals surface area (Å²) in [6, 6.07) is 3.59. The van der Waals surface area contributed by atoms with E-state index in [1.807, 2.05) is 6.07 Å². The van der Waals surface area contributed by atoms with Crippen LogP contribution in [0.4, 0.5) is 0 Å². The van der Waals surface area contributed by atoms with Gasteiger partial charge in [-0.2, -0.15) is 5.10 Å². The van der Waals surface area contributed by atoms with E-state index in [-0.39, 0.29) is 5.56 Å². The normalized spacial score (nSPS) is 21.2. The minimum absolute atomic E-state index is 0.0237. The topological polar surface area (TPSA) is 68.8 Å². The Morgan fingerprint density at radius 1 is 1.08 bits per heavy atom. The monoisotopic (exact) mass is 354 g/mol. The van der Waals surface area contributed by atoms with Crippen LogP contribution in [-0.2, 0) is 26.1 Å². The fourth-order valence-corrected chi connectivity index (χ4v) is 4.22. The van der Waals surface area contributed by atoms with Gasteiger partial charge < -0.3 is 4.57 Å². The Balaban J connectivity index is 1.19. The molecular formula is C19H26N6O. The SMILES string of the molecule is O=c1ccc(C2CC2)nn1CC1CN(Cc2nnc3n2CCCCC3)C1. The third kappa shape index (κ3) is 3.20. The smallest absolute Gasteiger partial charge is 0.266 e. The summed E-state index contributed by atoms with van der Waals surface area (Å²) in [4.78, 5) is 14.5. The second kappa shape index (κ2) is 6.61. The van der Waals surface area contributed by atoms with Crippen LogP contribution in [0.15, 0.2) is 16.9 Å². The van der Waals surface area contributed by atoms with Crippen molar-refractivity contribution in [3.05, 3.63) is 39.8 Å². The minimum atomic E-state index is 0.0237. The molecule has 3 aliphatic rings. The first kappa shape index (κ1) is 16.2. The van der Waals surface area contributed by atoms with Crippen LogP contribution in [0.5, 0.6) is 0 Å². The van der Waals surface area contributed by atoms with Crippen molar-refractivity contribution in [2.45, 2.75) is 64.1 Å². The van der Waals surface area contributed by atoms with Crippen molar-refractivity contribution in [1.29, 1.82) is 0 Å². The van der Waals surface area contributed by atoms with Crippen LogP contribution >= 0.6 is 0 Å². The average Bonchev–Trinajstić information content (AvgIpc) is 3.41. The highest BCUT2D eigenvalue weighted by Gasteiger charge is 2.30. The standard InChI is InChI=1S/C19H26N6O/c26-19-8-7-16(15-5-6-15)22-25(19)12-14-10-23(11-14)13-18-21-20-17-4-2-1-3-9-24(17)18/h7-8,14-15H,1-6,9-13H2. The first-order valence-electron chi connectivity index (χ1n) is 9.97. The highest BCUT2D eigenvalue weighted by molar-refractivity contribution is 5.12. The molecular weight excluding hydrogens is 328 g/mol. The summed E-state index contributed by atoms with van der Waals surface area (Å²) in [6.07, 6.45) is 7.23. The summed E-state index contributed by atoms with van der Waals surface area (Å²) in [5.41, 5.74) is 1.11. The van der Waals surface area contributed by atoms with Crippen molar-refractivity contribution >= 4 is 0 Å². The van der Waals surface area contributed by atoms with E-state index in [0.717, 1.165) is 56.5 Å². The molecule has 1 aliphatic carbocycles. The van der Waals surface area contributed by atoms with E-state index in [2.05, 4.69) is 24.8 Å². The number of likely N-dealkylation sites (tertiary alicyclic amines) is 1. The Morgan fingerprint density at radius 3 is 2.81 bits per heavy atom. The number of rotatable bonds is 5. The maximum absolute atomic E-state index is 12.1. The highest BCUT2D eigenvalue weighted by Crippen LogP contribution is 2.38. The third-order valence-electron chi connectivity index (χ3n) is 5.90. The summed E-state index contributed by atoms with van der Waals surface area (Å²) in [5.74, 6) is 3.35. The molecule has 4 heterocycles. The lowest BCUT2D eigenvalue weighted by Gasteiger charge is -2.38. The van der Waals surface area contributed by atoms with Gasteiger partial charge in [0.1, 0.15) is 11.6 Å². The zero-order chi connectivity index (χ0) is 17.5. The van der Waals surface area contributed by atoms with Crippen molar-refractivity contribution in [2.24, 2.45) is 5.92 Å². The fourth-order valence-electron chi connectivity index (χ4n) is 4.22. The van der Waals surface area contributed by atoms with Gasteiger partial charge in [0.25, 0.3) is 5.56 Å². The van der Waals surface area contributed by atoms with E-state index < -0.39 is 0 Å². The van der Waals surface area contributed by atoms with Gasteiger partial charge in [-0.3, -0.25) is 9.69 Å². The van der Waals surface area contributed by atoms with Crippen molar-refractivity contribution in [3.63, 3.8) is 0 Å². The summed E-state index contributed by atoms with van der Waals surface area (Å²) < 4.78 is 4.00.